The van der Waals surface area contributed by atoms with Crippen LogP contribution in [0.15, 0.2) is 40.9 Å². The number of benzene rings is 2. The fourth-order valence-electron chi connectivity index (χ4n) is 3.15. The zero-order chi connectivity index (χ0) is 17.9. The molecule has 1 aliphatic heterocycles. The molecular weight excluding hydrogens is 346 g/mol. The van der Waals surface area contributed by atoms with Crippen molar-refractivity contribution in [1.82, 2.24) is 5.32 Å². The van der Waals surface area contributed by atoms with Crippen molar-refractivity contribution in [2.75, 3.05) is 12.3 Å². The molecule has 2 aliphatic rings. The monoisotopic (exact) mass is 357 g/mol. The van der Waals surface area contributed by atoms with Crippen LogP contribution in [0.3, 0.4) is 0 Å². The van der Waals surface area contributed by atoms with E-state index in [1.807, 2.05) is 0 Å². The van der Waals surface area contributed by atoms with Crippen molar-refractivity contribution >= 4 is 38.1 Å². The Labute approximate surface area is 141 Å². The van der Waals surface area contributed by atoms with Gasteiger partial charge in [0.2, 0.25) is 11.6 Å². The highest BCUT2D eigenvalue weighted by molar-refractivity contribution is 7.96. The van der Waals surface area contributed by atoms with Crippen molar-refractivity contribution in [3.63, 3.8) is 0 Å². The lowest BCUT2D eigenvalue weighted by Gasteiger charge is -2.25. The minimum atomic E-state index is -3.81. The third kappa shape index (κ3) is 2.18. The number of nitrogens with one attached hydrogen (secondary N) is 1. The van der Waals surface area contributed by atoms with Gasteiger partial charge in [-0.2, -0.15) is 0 Å². The van der Waals surface area contributed by atoms with E-state index in [2.05, 4.69) is 5.32 Å². The van der Waals surface area contributed by atoms with Crippen LogP contribution in [0.1, 0.15) is 31.1 Å². The molecule has 0 unspecified atom stereocenters. The number of fused-ring (bicyclic) bond motifs is 2. The van der Waals surface area contributed by atoms with Gasteiger partial charge in [-0.25, -0.2) is 13.2 Å². The molecule has 25 heavy (non-hydrogen) atoms. The van der Waals surface area contributed by atoms with Gasteiger partial charge in [0.05, 0.1) is 11.3 Å². The normalized spacial score (nSPS) is 18.6. The summed E-state index contributed by atoms with van der Waals surface area (Å²) in [5.41, 5.74) is -0.0483. The summed E-state index contributed by atoms with van der Waals surface area (Å²) >= 11 is 0. The number of ketones is 2. The Morgan fingerprint density at radius 3 is 2.40 bits per heavy atom. The highest BCUT2D eigenvalue weighted by atomic mass is 32.2. The lowest BCUT2D eigenvalue weighted by molar-refractivity contribution is 0.0696. The van der Waals surface area contributed by atoms with Gasteiger partial charge in [0, 0.05) is 17.7 Å². The van der Waals surface area contributed by atoms with E-state index in [1.165, 1.54) is 30.3 Å². The van der Waals surface area contributed by atoms with Gasteiger partial charge in [0.15, 0.2) is 9.84 Å². The second kappa shape index (κ2) is 5.00. The van der Waals surface area contributed by atoms with Crippen LogP contribution in [0, 0.1) is 0 Å². The molecule has 8 heteroatoms. The molecule has 2 aromatic rings. The molecule has 0 spiro atoms. The minimum absolute atomic E-state index is 0.0200. The van der Waals surface area contributed by atoms with E-state index in [9.17, 15) is 22.8 Å². The van der Waals surface area contributed by atoms with Crippen molar-refractivity contribution < 1.29 is 27.9 Å². The number of aromatic carboxylic acids is 1. The molecule has 0 saturated carbocycles. The van der Waals surface area contributed by atoms with Gasteiger partial charge < -0.3 is 10.4 Å². The van der Waals surface area contributed by atoms with Crippen molar-refractivity contribution in [3.8, 4) is 0 Å². The quantitative estimate of drug-likeness (QED) is 0.786. The average molecular weight is 357 g/mol. The van der Waals surface area contributed by atoms with Crippen molar-refractivity contribution in [1.29, 1.82) is 0 Å². The second-order valence-electron chi connectivity index (χ2n) is 5.87. The minimum Gasteiger partial charge on any atom is -0.478 e. The summed E-state index contributed by atoms with van der Waals surface area (Å²) in [6.45, 7) is 0.0618. The van der Waals surface area contributed by atoms with Crippen LogP contribution in [0.5, 0.6) is 0 Å². The number of sulfone groups is 1. The van der Waals surface area contributed by atoms with Crippen LogP contribution in [-0.2, 0) is 9.84 Å². The number of carboxylic acids is 1. The van der Waals surface area contributed by atoms with Crippen LogP contribution in [0.4, 0.5) is 0 Å². The summed E-state index contributed by atoms with van der Waals surface area (Å²) < 4.78 is 24.5. The lowest BCUT2D eigenvalue weighted by atomic mass is 9.89. The first-order valence-electron chi connectivity index (χ1n) is 7.41. The van der Waals surface area contributed by atoms with Crippen LogP contribution in [0.2, 0.25) is 0 Å². The van der Waals surface area contributed by atoms with Gasteiger partial charge in [-0.3, -0.25) is 9.59 Å². The molecule has 1 aliphatic carbocycles. The maximum atomic E-state index is 12.7. The van der Waals surface area contributed by atoms with E-state index in [-0.39, 0.29) is 34.7 Å². The predicted molar refractivity (Wildman–Crippen MR) is 88.4 cm³/mol. The second-order valence-corrected chi connectivity index (χ2v) is 7.92. The molecule has 0 saturated heterocycles. The standard InChI is InChI=1S/C17H11NO6S/c19-14-11-7-10-5-9(17(21)22)2-1-8(10)6-12(11)15(20)16-13(14)18-3-4-25(16,23)24/h1-2,5-7,18H,3-4H2,(H,21,22). The molecule has 7 nitrogen and oxygen atoms in total. The van der Waals surface area contributed by atoms with Crippen molar-refractivity contribution in [2.45, 2.75) is 0 Å². The Morgan fingerprint density at radius 1 is 1.00 bits per heavy atom. The molecule has 0 radical (unpaired) electrons. The van der Waals surface area contributed by atoms with Crippen LogP contribution < -0.4 is 5.32 Å². The number of Topliss-reactive ketones (excluding diaryl/α,β-unsaturated/α-hetero) is 2. The number of allylic oxidation sites excluding steroid dienone is 2. The summed E-state index contributed by atoms with van der Waals surface area (Å²) in [7, 11) is -3.81. The summed E-state index contributed by atoms with van der Waals surface area (Å²) in [5.74, 6) is -2.63. The molecule has 4 rings (SSSR count). The topological polar surface area (TPSA) is 118 Å². The van der Waals surface area contributed by atoms with Gasteiger partial charge in [-0.05, 0) is 35.0 Å². The molecular formula is C17H11NO6S. The molecule has 0 bridgehead atoms. The molecule has 1 heterocycles. The first-order chi connectivity index (χ1) is 11.8. The third-order valence-corrected chi connectivity index (χ3v) is 6.11. The predicted octanol–water partition coefficient (Wildman–Crippen LogP) is 1.15. The van der Waals surface area contributed by atoms with Crippen molar-refractivity contribution in [2.24, 2.45) is 0 Å². The zero-order valence-corrected chi connectivity index (χ0v) is 13.5. The van der Waals surface area contributed by atoms with E-state index in [0.717, 1.165) is 0 Å². The average Bonchev–Trinajstić information content (AvgIpc) is 2.56. The fourth-order valence-corrected chi connectivity index (χ4v) is 4.59. The van der Waals surface area contributed by atoms with Gasteiger partial charge >= 0.3 is 5.97 Å². The third-order valence-electron chi connectivity index (χ3n) is 4.36. The Kier molecular flexibility index (Phi) is 3.10. The molecule has 0 fully saturated rings. The zero-order valence-electron chi connectivity index (χ0n) is 12.7. The summed E-state index contributed by atoms with van der Waals surface area (Å²) in [5, 5.41) is 12.8. The van der Waals surface area contributed by atoms with Gasteiger partial charge in [-0.1, -0.05) is 6.07 Å². The number of hydrogen-bond acceptors (Lipinski definition) is 6. The summed E-state index contributed by atoms with van der Waals surface area (Å²) in [6.07, 6.45) is 0. The van der Waals surface area contributed by atoms with Gasteiger partial charge in [0.1, 0.15) is 10.6 Å². The lowest BCUT2D eigenvalue weighted by Crippen LogP contribution is -2.40. The fraction of sp³-hybridized carbons (Fsp3) is 0.118. The van der Waals surface area contributed by atoms with Crippen LogP contribution in [-0.4, -0.2) is 43.4 Å². The first kappa shape index (κ1) is 15.5. The van der Waals surface area contributed by atoms with E-state index >= 15 is 0 Å². The largest absolute Gasteiger partial charge is 0.478 e. The molecule has 0 aromatic heterocycles. The van der Waals surface area contributed by atoms with Crippen molar-refractivity contribution in [3.05, 3.63) is 57.6 Å². The van der Waals surface area contributed by atoms with E-state index in [4.69, 9.17) is 5.11 Å². The maximum absolute atomic E-state index is 12.7. The maximum Gasteiger partial charge on any atom is 0.335 e. The Balaban J connectivity index is 1.99. The molecule has 0 amide bonds. The smallest absolute Gasteiger partial charge is 0.335 e. The summed E-state index contributed by atoms with van der Waals surface area (Å²) in [4.78, 5) is 36.0. The molecule has 2 N–H and O–H groups in total. The molecule has 2 aromatic carbocycles. The first-order valence-corrected chi connectivity index (χ1v) is 9.06. The highest BCUT2D eigenvalue weighted by Crippen LogP contribution is 2.33. The Hall–Kier alpha value is -3.00. The van der Waals surface area contributed by atoms with Crippen LogP contribution >= 0.6 is 0 Å². The van der Waals surface area contributed by atoms with Gasteiger partial charge in [-0.15, -0.1) is 0 Å². The van der Waals surface area contributed by atoms with E-state index in [1.54, 1.807) is 0 Å². The molecule has 126 valence electrons. The number of carboxylic acid groups (broad SMARTS) is 1. The number of carbonyl (C=O) groups excluding carboxylic acids is 2. The highest BCUT2D eigenvalue weighted by Gasteiger charge is 2.41. The molecule has 0 atom stereocenters. The van der Waals surface area contributed by atoms with E-state index < -0.39 is 32.3 Å². The Bertz CT molecular complexity index is 1140. The Morgan fingerprint density at radius 2 is 1.68 bits per heavy atom. The number of rotatable bonds is 1. The van der Waals surface area contributed by atoms with Crippen LogP contribution in [0.25, 0.3) is 10.8 Å². The number of hydrogen-bond donors (Lipinski definition) is 2. The summed E-state index contributed by atoms with van der Waals surface area (Å²) in [6, 6.07) is 7.18. The SMILES string of the molecule is O=C(O)c1ccc2cc3c(cc2c1)C(=O)C1=C(C3=O)S(=O)(=O)CCN1. The van der Waals surface area contributed by atoms with E-state index in [0.29, 0.717) is 10.8 Å². The number of carbonyl (C=O) groups is 3. The van der Waals surface area contributed by atoms with Gasteiger partial charge in [0.25, 0.3) is 0 Å².